The summed E-state index contributed by atoms with van der Waals surface area (Å²) in [6.45, 7) is 3.65. The number of carbonyl (C=O) groups excluding carboxylic acids is 1. The van der Waals surface area contributed by atoms with Crippen molar-refractivity contribution in [2.45, 2.75) is 13.0 Å². The zero-order valence-electron chi connectivity index (χ0n) is 10.8. The first-order valence-corrected chi connectivity index (χ1v) is 6.44. The van der Waals surface area contributed by atoms with E-state index in [1.165, 1.54) is 7.11 Å². The molecule has 1 N–H and O–H groups in total. The number of aryl methyl sites for hydroxylation is 1. The molecular weight excluding hydrogens is 236 g/mol. The molecule has 1 unspecified atom stereocenters. The topological polar surface area (TPSA) is 41.6 Å². The van der Waals surface area contributed by atoms with E-state index in [1.54, 1.807) is 11.3 Å². The molecule has 0 fully saturated rings. The number of thiophene rings is 1. The summed E-state index contributed by atoms with van der Waals surface area (Å²) in [5.41, 5.74) is 1.13. The smallest absolute Gasteiger partial charge is 0.328 e. The number of nitrogens with one attached hydrogen (secondary N) is 1. The monoisotopic (exact) mass is 256 g/mol. The van der Waals surface area contributed by atoms with Gasteiger partial charge in [0.25, 0.3) is 0 Å². The second-order valence-corrected chi connectivity index (χ2v) is 5.13. The predicted molar refractivity (Wildman–Crippen MR) is 70.4 cm³/mol. The van der Waals surface area contributed by atoms with Crippen molar-refractivity contribution in [3.05, 3.63) is 21.9 Å². The third-order valence-corrected chi connectivity index (χ3v) is 3.59. The van der Waals surface area contributed by atoms with Crippen LogP contribution in [0.15, 0.2) is 11.4 Å². The summed E-state index contributed by atoms with van der Waals surface area (Å²) in [5.74, 6) is -0.227. The van der Waals surface area contributed by atoms with Crippen LogP contribution in [0.2, 0.25) is 0 Å². The van der Waals surface area contributed by atoms with Crippen molar-refractivity contribution in [3.63, 3.8) is 0 Å². The van der Waals surface area contributed by atoms with E-state index in [2.05, 4.69) is 10.2 Å². The molecule has 0 aliphatic heterocycles. The fourth-order valence-electron chi connectivity index (χ4n) is 1.51. The third kappa shape index (κ3) is 4.11. The first-order chi connectivity index (χ1) is 8.06. The summed E-state index contributed by atoms with van der Waals surface area (Å²) in [5, 5.41) is 5.23. The van der Waals surface area contributed by atoms with Gasteiger partial charge in [-0.15, -0.1) is 11.3 Å². The molecule has 0 saturated carbocycles. The van der Waals surface area contributed by atoms with Gasteiger partial charge in [0, 0.05) is 18.0 Å². The van der Waals surface area contributed by atoms with E-state index in [0.29, 0.717) is 0 Å². The van der Waals surface area contributed by atoms with Crippen LogP contribution in [0.25, 0.3) is 0 Å². The lowest BCUT2D eigenvalue weighted by Gasteiger charge is -2.17. The van der Waals surface area contributed by atoms with E-state index in [9.17, 15) is 4.79 Å². The molecule has 1 aromatic rings. The molecule has 0 aromatic carbocycles. The van der Waals surface area contributed by atoms with Crippen LogP contribution in [0, 0.1) is 6.92 Å². The maximum Gasteiger partial charge on any atom is 0.328 e. The van der Waals surface area contributed by atoms with Crippen molar-refractivity contribution in [3.8, 4) is 0 Å². The van der Waals surface area contributed by atoms with E-state index in [4.69, 9.17) is 4.74 Å². The number of hydrogen-bond acceptors (Lipinski definition) is 5. The minimum atomic E-state index is -0.347. The minimum absolute atomic E-state index is 0.227. The highest BCUT2D eigenvalue weighted by molar-refractivity contribution is 7.10. The Kier molecular flexibility index (Phi) is 5.61. The number of hydrogen-bond donors (Lipinski definition) is 1. The molecule has 1 rings (SSSR count). The highest BCUT2D eigenvalue weighted by atomic mass is 32.1. The summed E-state index contributed by atoms with van der Waals surface area (Å²) in [6, 6.07) is 1.67. The van der Waals surface area contributed by atoms with Gasteiger partial charge in [0.1, 0.15) is 6.04 Å². The SMILES string of the molecule is COC(=O)C(NCCN(C)C)c1sccc1C. The predicted octanol–water partition coefficient (Wildman–Crippen LogP) is 1.42. The van der Waals surface area contributed by atoms with Gasteiger partial charge in [-0.2, -0.15) is 0 Å². The van der Waals surface area contributed by atoms with Gasteiger partial charge >= 0.3 is 5.97 Å². The maximum absolute atomic E-state index is 11.7. The van der Waals surface area contributed by atoms with Crippen molar-refractivity contribution in [2.24, 2.45) is 0 Å². The maximum atomic E-state index is 11.7. The van der Waals surface area contributed by atoms with Crippen LogP contribution in [-0.2, 0) is 9.53 Å². The molecule has 17 heavy (non-hydrogen) atoms. The van der Waals surface area contributed by atoms with Crippen molar-refractivity contribution >= 4 is 17.3 Å². The van der Waals surface area contributed by atoms with Gasteiger partial charge in [-0.05, 0) is 38.0 Å². The third-order valence-electron chi connectivity index (χ3n) is 2.51. The van der Waals surface area contributed by atoms with Crippen LogP contribution in [-0.4, -0.2) is 45.2 Å². The Morgan fingerprint density at radius 2 is 2.29 bits per heavy atom. The lowest BCUT2D eigenvalue weighted by Crippen LogP contribution is -2.34. The lowest BCUT2D eigenvalue weighted by atomic mass is 10.1. The lowest BCUT2D eigenvalue weighted by molar-refractivity contribution is -0.143. The van der Waals surface area contributed by atoms with Gasteiger partial charge < -0.3 is 9.64 Å². The minimum Gasteiger partial charge on any atom is -0.468 e. The fourth-order valence-corrected chi connectivity index (χ4v) is 2.50. The zero-order chi connectivity index (χ0) is 12.8. The van der Waals surface area contributed by atoms with Gasteiger partial charge in [0.05, 0.1) is 7.11 Å². The molecule has 0 aliphatic rings. The summed E-state index contributed by atoms with van der Waals surface area (Å²) >= 11 is 1.58. The van der Waals surface area contributed by atoms with E-state index in [0.717, 1.165) is 23.5 Å². The summed E-state index contributed by atoms with van der Waals surface area (Å²) in [7, 11) is 5.43. The van der Waals surface area contributed by atoms with Crippen LogP contribution in [0.1, 0.15) is 16.5 Å². The number of carbonyl (C=O) groups is 1. The molecule has 4 nitrogen and oxygen atoms in total. The van der Waals surface area contributed by atoms with E-state index >= 15 is 0 Å². The molecule has 0 bridgehead atoms. The normalized spacial score (nSPS) is 12.8. The first kappa shape index (κ1) is 14.2. The number of methoxy groups -OCH3 is 1. The molecular formula is C12H20N2O2S. The molecule has 5 heteroatoms. The van der Waals surface area contributed by atoms with Crippen molar-refractivity contribution in [2.75, 3.05) is 34.3 Å². The molecule has 0 spiro atoms. The Labute approximate surface area is 107 Å². The van der Waals surface area contributed by atoms with Crippen molar-refractivity contribution in [1.29, 1.82) is 0 Å². The van der Waals surface area contributed by atoms with Gasteiger partial charge in [-0.25, -0.2) is 4.79 Å². The average Bonchev–Trinajstić information content (AvgIpc) is 2.69. The largest absolute Gasteiger partial charge is 0.468 e. The summed E-state index contributed by atoms with van der Waals surface area (Å²) < 4.78 is 4.84. The molecule has 1 aromatic heterocycles. The second-order valence-electron chi connectivity index (χ2n) is 4.18. The van der Waals surface area contributed by atoms with Gasteiger partial charge in [-0.3, -0.25) is 5.32 Å². The summed E-state index contributed by atoms with van der Waals surface area (Å²) in [4.78, 5) is 14.9. The van der Waals surface area contributed by atoms with Crippen molar-refractivity contribution in [1.82, 2.24) is 10.2 Å². The number of nitrogens with zero attached hydrogens (tertiary/aromatic N) is 1. The second kappa shape index (κ2) is 6.74. The number of esters is 1. The van der Waals surface area contributed by atoms with Gasteiger partial charge in [0.2, 0.25) is 0 Å². The van der Waals surface area contributed by atoms with Crippen LogP contribution >= 0.6 is 11.3 Å². The van der Waals surface area contributed by atoms with Gasteiger partial charge in [0.15, 0.2) is 0 Å². The van der Waals surface area contributed by atoms with Crippen LogP contribution in [0.3, 0.4) is 0 Å². The number of likely N-dealkylation sites (N-methyl/N-ethyl adjacent to an activating group) is 1. The molecule has 1 heterocycles. The number of rotatable bonds is 6. The first-order valence-electron chi connectivity index (χ1n) is 5.56. The molecule has 1 atom stereocenters. The van der Waals surface area contributed by atoms with Crippen molar-refractivity contribution < 1.29 is 9.53 Å². The zero-order valence-corrected chi connectivity index (χ0v) is 11.6. The fraction of sp³-hybridized carbons (Fsp3) is 0.583. The molecule has 0 aliphatic carbocycles. The Morgan fingerprint density at radius 1 is 1.59 bits per heavy atom. The summed E-state index contributed by atoms with van der Waals surface area (Å²) in [6.07, 6.45) is 0. The average molecular weight is 256 g/mol. The van der Waals surface area contributed by atoms with Gasteiger partial charge in [-0.1, -0.05) is 0 Å². The standard InChI is InChI=1S/C12H20N2O2S/c1-9-5-8-17-11(9)10(12(15)16-4)13-6-7-14(2)3/h5,8,10,13H,6-7H2,1-4H3. The molecule has 96 valence electrons. The Morgan fingerprint density at radius 3 is 2.76 bits per heavy atom. The van der Waals surface area contributed by atoms with Crippen LogP contribution in [0.4, 0.5) is 0 Å². The molecule has 0 amide bonds. The number of ether oxygens (including phenoxy) is 1. The highest BCUT2D eigenvalue weighted by Gasteiger charge is 2.23. The van der Waals surface area contributed by atoms with Crippen LogP contribution < -0.4 is 5.32 Å². The van der Waals surface area contributed by atoms with E-state index < -0.39 is 0 Å². The Hall–Kier alpha value is -0.910. The highest BCUT2D eigenvalue weighted by Crippen LogP contribution is 2.24. The van der Waals surface area contributed by atoms with Crippen LogP contribution in [0.5, 0.6) is 0 Å². The molecule has 0 radical (unpaired) electrons. The molecule has 0 saturated heterocycles. The van der Waals surface area contributed by atoms with E-state index in [1.807, 2.05) is 32.5 Å². The van der Waals surface area contributed by atoms with E-state index in [-0.39, 0.29) is 12.0 Å². The Balaban J connectivity index is 2.68. The quantitative estimate of drug-likeness (QED) is 0.782. The Bertz CT molecular complexity index is 363.